The molecule has 1 unspecified atom stereocenters. The molecular formula is C13H14N2O3S. The van der Waals surface area contributed by atoms with Gasteiger partial charge >= 0.3 is 5.97 Å². The first-order valence-electron chi connectivity index (χ1n) is 5.92. The van der Waals surface area contributed by atoms with E-state index < -0.39 is 5.97 Å². The zero-order chi connectivity index (χ0) is 13.8. The van der Waals surface area contributed by atoms with Crippen LogP contribution in [-0.4, -0.2) is 22.0 Å². The molecule has 0 aliphatic heterocycles. The fourth-order valence-corrected chi connectivity index (χ4v) is 2.66. The molecule has 19 heavy (non-hydrogen) atoms. The van der Waals surface area contributed by atoms with E-state index in [9.17, 15) is 9.59 Å². The molecule has 2 aromatic rings. The van der Waals surface area contributed by atoms with Crippen LogP contribution in [0.4, 0.5) is 5.13 Å². The Kier molecular flexibility index (Phi) is 4.11. The van der Waals surface area contributed by atoms with E-state index in [0.29, 0.717) is 5.13 Å². The second kappa shape index (κ2) is 5.79. The summed E-state index contributed by atoms with van der Waals surface area (Å²) in [5.41, 5.74) is 0.849. The normalized spacial score (nSPS) is 12.3. The highest BCUT2D eigenvalue weighted by Crippen LogP contribution is 2.25. The maximum atomic E-state index is 11.7. The van der Waals surface area contributed by atoms with Gasteiger partial charge in [-0.3, -0.25) is 9.59 Å². The van der Waals surface area contributed by atoms with E-state index in [1.54, 1.807) is 6.92 Å². The molecule has 6 heteroatoms. The van der Waals surface area contributed by atoms with Crippen LogP contribution in [0.5, 0.6) is 0 Å². The number of para-hydroxylation sites is 1. The second-order valence-electron chi connectivity index (χ2n) is 4.44. The van der Waals surface area contributed by atoms with Crippen molar-refractivity contribution in [2.75, 3.05) is 5.32 Å². The molecule has 0 bridgehead atoms. The van der Waals surface area contributed by atoms with Gasteiger partial charge in [-0.15, -0.1) is 0 Å². The van der Waals surface area contributed by atoms with Crippen LogP contribution in [0.15, 0.2) is 24.3 Å². The molecule has 0 saturated carbocycles. The largest absolute Gasteiger partial charge is 0.481 e. The number of carboxylic acid groups (broad SMARTS) is 1. The molecule has 0 radical (unpaired) electrons. The Balaban J connectivity index is 1.96. The SMILES string of the molecule is CC(CC(=O)O)CC(=O)Nc1nc2ccccc2s1. The molecular weight excluding hydrogens is 264 g/mol. The monoisotopic (exact) mass is 278 g/mol. The van der Waals surface area contributed by atoms with Gasteiger partial charge in [-0.05, 0) is 18.1 Å². The Morgan fingerprint density at radius 2 is 2.11 bits per heavy atom. The van der Waals surface area contributed by atoms with Gasteiger partial charge in [0.15, 0.2) is 5.13 Å². The summed E-state index contributed by atoms with van der Waals surface area (Å²) in [6.07, 6.45) is 0.176. The Bertz CT molecular complexity index is 576. The van der Waals surface area contributed by atoms with Crippen molar-refractivity contribution in [1.82, 2.24) is 4.98 Å². The summed E-state index contributed by atoms with van der Waals surface area (Å²) in [5, 5.41) is 11.9. The van der Waals surface area contributed by atoms with Crippen LogP contribution in [0, 0.1) is 5.92 Å². The van der Waals surface area contributed by atoms with Crippen molar-refractivity contribution >= 4 is 38.6 Å². The third-order valence-corrected chi connectivity index (χ3v) is 3.55. The summed E-state index contributed by atoms with van der Waals surface area (Å²) in [6.45, 7) is 1.74. The van der Waals surface area contributed by atoms with Gasteiger partial charge in [-0.1, -0.05) is 30.4 Å². The lowest BCUT2D eigenvalue weighted by Crippen LogP contribution is -2.16. The number of carbonyl (C=O) groups is 2. The summed E-state index contributed by atoms with van der Waals surface area (Å²) in [4.78, 5) is 26.6. The molecule has 1 atom stereocenters. The van der Waals surface area contributed by atoms with Crippen LogP contribution in [0.2, 0.25) is 0 Å². The van der Waals surface area contributed by atoms with Gasteiger partial charge in [-0.2, -0.15) is 0 Å². The van der Waals surface area contributed by atoms with Crippen molar-refractivity contribution in [1.29, 1.82) is 0 Å². The van der Waals surface area contributed by atoms with Crippen LogP contribution in [0.25, 0.3) is 10.2 Å². The molecule has 2 rings (SSSR count). The van der Waals surface area contributed by atoms with E-state index in [2.05, 4.69) is 10.3 Å². The van der Waals surface area contributed by atoms with Crippen molar-refractivity contribution in [3.63, 3.8) is 0 Å². The molecule has 0 fully saturated rings. The fraction of sp³-hybridized carbons (Fsp3) is 0.308. The predicted octanol–water partition coefficient (Wildman–Crippen LogP) is 2.74. The minimum atomic E-state index is -0.889. The van der Waals surface area contributed by atoms with E-state index in [1.807, 2.05) is 24.3 Å². The standard InChI is InChI=1S/C13H14N2O3S/c1-8(7-12(17)18)6-11(16)15-13-14-9-4-2-3-5-10(9)19-13/h2-5,8H,6-7H2,1H3,(H,17,18)(H,14,15,16). The summed E-state index contributed by atoms with van der Waals surface area (Å²) in [6, 6.07) is 7.63. The third-order valence-electron chi connectivity index (χ3n) is 2.60. The molecule has 5 nitrogen and oxygen atoms in total. The van der Waals surface area contributed by atoms with Crippen molar-refractivity contribution in [2.24, 2.45) is 5.92 Å². The first-order chi connectivity index (χ1) is 9.04. The molecule has 1 aromatic carbocycles. The summed E-state index contributed by atoms with van der Waals surface area (Å²) >= 11 is 1.41. The number of nitrogens with zero attached hydrogens (tertiary/aromatic N) is 1. The third kappa shape index (κ3) is 3.75. The van der Waals surface area contributed by atoms with Crippen molar-refractivity contribution in [2.45, 2.75) is 19.8 Å². The number of carbonyl (C=O) groups excluding carboxylic acids is 1. The average Bonchev–Trinajstić information content (AvgIpc) is 2.68. The van der Waals surface area contributed by atoms with Gasteiger partial charge < -0.3 is 10.4 Å². The van der Waals surface area contributed by atoms with Crippen molar-refractivity contribution < 1.29 is 14.7 Å². The van der Waals surface area contributed by atoms with Crippen molar-refractivity contribution in [3.05, 3.63) is 24.3 Å². The quantitative estimate of drug-likeness (QED) is 0.881. The van der Waals surface area contributed by atoms with Crippen LogP contribution in [-0.2, 0) is 9.59 Å². The highest BCUT2D eigenvalue weighted by atomic mass is 32.1. The number of carboxylic acids is 1. The lowest BCUT2D eigenvalue weighted by Gasteiger charge is -2.07. The van der Waals surface area contributed by atoms with Gasteiger partial charge in [-0.25, -0.2) is 4.98 Å². The van der Waals surface area contributed by atoms with Crippen LogP contribution in [0.3, 0.4) is 0 Å². The Morgan fingerprint density at radius 1 is 1.37 bits per heavy atom. The molecule has 0 saturated heterocycles. The molecule has 100 valence electrons. The fourth-order valence-electron chi connectivity index (χ4n) is 1.78. The zero-order valence-corrected chi connectivity index (χ0v) is 11.2. The Labute approximate surface area is 114 Å². The first kappa shape index (κ1) is 13.5. The average molecular weight is 278 g/mol. The number of fused-ring (bicyclic) bond motifs is 1. The van der Waals surface area contributed by atoms with Gasteiger partial charge in [0.1, 0.15) is 0 Å². The van der Waals surface area contributed by atoms with E-state index in [1.165, 1.54) is 11.3 Å². The maximum absolute atomic E-state index is 11.7. The summed E-state index contributed by atoms with van der Waals surface area (Å²) < 4.78 is 1.01. The Morgan fingerprint density at radius 3 is 2.79 bits per heavy atom. The highest BCUT2D eigenvalue weighted by molar-refractivity contribution is 7.22. The topological polar surface area (TPSA) is 79.3 Å². The van der Waals surface area contributed by atoms with Crippen LogP contribution in [0.1, 0.15) is 19.8 Å². The van der Waals surface area contributed by atoms with E-state index >= 15 is 0 Å². The predicted molar refractivity (Wildman–Crippen MR) is 74.3 cm³/mol. The Hall–Kier alpha value is -1.95. The number of thiazole rings is 1. The molecule has 2 N–H and O–H groups in total. The number of hydrogen-bond acceptors (Lipinski definition) is 4. The number of aliphatic carboxylic acids is 1. The van der Waals surface area contributed by atoms with E-state index in [-0.39, 0.29) is 24.7 Å². The number of rotatable bonds is 5. The first-order valence-corrected chi connectivity index (χ1v) is 6.73. The molecule has 1 heterocycles. The lowest BCUT2D eigenvalue weighted by atomic mass is 10.0. The number of anilines is 1. The summed E-state index contributed by atoms with van der Waals surface area (Å²) in [7, 11) is 0. The van der Waals surface area contributed by atoms with Crippen LogP contribution < -0.4 is 5.32 Å². The van der Waals surface area contributed by atoms with Crippen LogP contribution >= 0.6 is 11.3 Å². The van der Waals surface area contributed by atoms with E-state index in [0.717, 1.165) is 10.2 Å². The number of hydrogen-bond donors (Lipinski definition) is 2. The van der Waals surface area contributed by atoms with Gasteiger partial charge in [0.05, 0.1) is 10.2 Å². The maximum Gasteiger partial charge on any atom is 0.303 e. The van der Waals surface area contributed by atoms with Gasteiger partial charge in [0, 0.05) is 12.8 Å². The van der Waals surface area contributed by atoms with Gasteiger partial charge in [0.25, 0.3) is 0 Å². The zero-order valence-electron chi connectivity index (χ0n) is 10.4. The lowest BCUT2D eigenvalue weighted by molar-refractivity contribution is -0.138. The number of benzene rings is 1. The molecule has 1 amide bonds. The van der Waals surface area contributed by atoms with Gasteiger partial charge in [0.2, 0.25) is 5.91 Å². The number of amides is 1. The summed E-state index contributed by atoms with van der Waals surface area (Å²) in [5.74, 6) is -1.28. The minimum Gasteiger partial charge on any atom is -0.481 e. The molecule has 1 aromatic heterocycles. The highest BCUT2D eigenvalue weighted by Gasteiger charge is 2.14. The molecule has 0 aliphatic carbocycles. The number of aromatic nitrogens is 1. The van der Waals surface area contributed by atoms with E-state index in [4.69, 9.17) is 5.11 Å². The smallest absolute Gasteiger partial charge is 0.303 e. The molecule has 0 aliphatic rings. The van der Waals surface area contributed by atoms with Crippen molar-refractivity contribution in [3.8, 4) is 0 Å². The minimum absolute atomic E-state index is 0.00668. The second-order valence-corrected chi connectivity index (χ2v) is 5.47. The number of nitrogens with one attached hydrogen (secondary N) is 1. The molecule has 0 spiro atoms.